The monoisotopic (exact) mass is 452 g/mol. The second-order valence-corrected chi connectivity index (χ2v) is 7.93. The summed E-state index contributed by atoms with van der Waals surface area (Å²) in [6.45, 7) is 1.73. The highest BCUT2D eigenvalue weighted by Gasteiger charge is 2.32. The first kappa shape index (κ1) is 21.3. The lowest BCUT2D eigenvalue weighted by atomic mass is 10.0. The summed E-state index contributed by atoms with van der Waals surface area (Å²) in [5.41, 5.74) is 0.931. The van der Waals surface area contributed by atoms with Crippen LogP contribution in [-0.2, 0) is 19.8 Å². The summed E-state index contributed by atoms with van der Waals surface area (Å²) >= 11 is 6.09. The minimum Gasteiger partial charge on any atom is -0.493 e. The Labute approximate surface area is 181 Å². The molecule has 1 N–H and O–H groups in total. The van der Waals surface area contributed by atoms with Gasteiger partial charge in [0.2, 0.25) is 0 Å². The summed E-state index contributed by atoms with van der Waals surface area (Å²) in [6, 6.07) is 8.17. The molecule has 4 rings (SSSR count). The van der Waals surface area contributed by atoms with Crippen molar-refractivity contribution >= 4 is 28.7 Å². The SMILES string of the molecule is Cn1c(Cl)cc2cc(CNC(=O)N3CC(COc4ccc(C(F)(F)F)cc4)C3)cnc21. The number of rotatable bonds is 5. The highest BCUT2D eigenvalue weighted by atomic mass is 35.5. The number of aromatic nitrogens is 2. The van der Waals surface area contributed by atoms with E-state index in [0.717, 1.165) is 28.7 Å². The highest BCUT2D eigenvalue weighted by molar-refractivity contribution is 6.30. The summed E-state index contributed by atoms with van der Waals surface area (Å²) in [7, 11) is 1.83. The Bertz CT molecular complexity index is 1090. The van der Waals surface area contributed by atoms with Gasteiger partial charge in [-0.2, -0.15) is 13.2 Å². The number of urea groups is 1. The van der Waals surface area contributed by atoms with Crippen LogP contribution in [0.3, 0.4) is 0 Å². The van der Waals surface area contributed by atoms with E-state index in [0.29, 0.717) is 37.1 Å². The van der Waals surface area contributed by atoms with Crippen LogP contribution in [-0.4, -0.2) is 40.2 Å². The fourth-order valence-electron chi connectivity index (χ4n) is 3.41. The van der Waals surface area contributed by atoms with Gasteiger partial charge in [0.05, 0.1) is 12.2 Å². The summed E-state index contributed by atoms with van der Waals surface area (Å²) in [6.07, 6.45) is -2.66. The molecule has 1 saturated heterocycles. The fraction of sp³-hybridized carbons (Fsp3) is 0.333. The average Bonchev–Trinajstić information content (AvgIpc) is 2.98. The topological polar surface area (TPSA) is 59.4 Å². The lowest BCUT2D eigenvalue weighted by Crippen LogP contribution is -2.55. The number of hydrogen-bond acceptors (Lipinski definition) is 3. The number of pyridine rings is 1. The van der Waals surface area contributed by atoms with Crippen molar-refractivity contribution in [3.63, 3.8) is 0 Å². The molecule has 3 aromatic rings. The molecule has 0 aliphatic carbocycles. The summed E-state index contributed by atoms with van der Waals surface area (Å²) < 4.78 is 45.1. The number of carbonyl (C=O) groups excluding carboxylic acids is 1. The van der Waals surface area contributed by atoms with Crippen molar-refractivity contribution in [2.75, 3.05) is 19.7 Å². The van der Waals surface area contributed by atoms with E-state index in [1.54, 1.807) is 15.7 Å². The number of nitrogens with one attached hydrogen (secondary N) is 1. The van der Waals surface area contributed by atoms with Gasteiger partial charge in [-0.1, -0.05) is 11.6 Å². The standard InChI is InChI=1S/C21H20ClF3N4O2/c1-28-18(22)7-15-6-13(8-26-19(15)28)9-27-20(30)29-10-14(11-29)12-31-17-4-2-16(3-5-17)21(23,24)25/h2-8,14H,9-12H2,1H3,(H,27,30). The summed E-state index contributed by atoms with van der Waals surface area (Å²) in [4.78, 5) is 18.3. The van der Waals surface area contributed by atoms with Crippen molar-refractivity contribution in [3.8, 4) is 5.75 Å². The molecule has 1 aliphatic heterocycles. The Morgan fingerprint density at radius 3 is 2.65 bits per heavy atom. The first-order valence-electron chi connectivity index (χ1n) is 9.63. The number of nitrogens with zero attached hydrogens (tertiary/aromatic N) is 3. The van der Waals surface area contributed by atoms with E-state index in [4.69, 9.17) is 16.3 Å². The minimum atomic E-state index is -4.36. The van der Waals surface area contributed by atoms with Crippen molar-refractivity contribution in [3.05, 3.63) is 58.9 Å². The molecule has 0 atom stereocenters. The number of likely N-dealkylation sites (tertiary alicyclic amines) is 1. The van der Waals surface area contributed by atoms with E-state index in [1.165, 1.54) is 12.1 Å². The molecule has 1 fully saturated rings. The Morgan fingerprint density at radius 1 is 1.26 bits per heavy atom. The number of ether oxygens (including phenoxy) is 1. The number of fused-ring (bicyclic) bond motifs is 1. The lowest BCUT2D eigenvalue weighted by molar-refractivity contribution is -0.137. The quantitative estimate of drug-likeness (QED) is 0.621. The van der Waals surface area contributed by atoms with Gasteiger partial charge in [0, 0.05) is 44.2 Å². The first-order valence-corrected chi connectivity index (χ1v) is 10.0. The third-order valence-electron chi connectivity index (χ3n) is 5.22. The van der Waals surface area contributed by atoms with E-state index in [2.05, 4.69) is 10.3 Å². The van der Waals surface area contributed by atoms with Crippen LogP contribution >= 0.6 is 11.6 Å². The van der Waals surface area contributed by atoms with Crippen LogP contribution < -0.4 is 10.1 Å². The molecule has 0 saturated carbocycles. The van der Waals surface area contributed by atoms with Gasteiger partial charge in [-0.25, -0.2) is 9.78 Å². The second-order valence-electron chi connectivity index (χ2n) is 7.55. The fourth-order valence-corrected chi connectivity index (χ4v) is 3.61. The van der Waals surface area contributed by atoms with Gasteiger partial charge in [0.15, 0.2) is 0 Å². The molecule has 31 heavy (non-hydrogen) atoms. The van der Waals surface area contributed by atoms with Gasteiger partial charge in [0.1, 0.15) is 16.5 Å². The van der Waals surface area contributed by atoms with E-state index in [1.807, 2.05) is 19.2 Å². The van der Waals surface area contributed by atoms with E-state index < -0.39 is 11.7 Å². The minimum absolute atomic E-state index is 0.137. The first-order chi connectivity index (χ1) is 14.7. The molecule has 0 spiro atoms. The summed E-state index contributed by atoms with van der Waals surface area (Å²) in [5.74, 6) is 0.511. The lowest BCUT2D eigenvalue weighted by Gasteiger charge is -2.38. The van der Waals surface area contributed by atoms with Gasteiger partial charge in [-0.05, 0) is 42.0 Å². The number of carbonyl (C=O) groups is 1. The maximum absolute atomic E-state index is 12.6. The third kappa shape index (κ3) is 4.71. The second kappa shape index (κ2) is 8.30. The van der Waals surface area contributed by atoms with Gasteiger partial charge in [-0.15, -0.1) is 0 Å². The Morgan fingerprint density at radius 2 is 1.97 bits per heavy atom. The van der Waals surface area contributed by atoms with Crippen LogP contribution in [0.25, 0.3) is 11.0 Å². The zero-order valence-electron chi connectivity index (χ0n) is 16.6. The van der Waals surface area contributed by atoms with Crippen molar-refractivity contribution in [1.29, 1.82) is 0 Å². The van der Waals surface area contributed by atoms with E-state index >= 15 is 0 Å². The van der Waals surface area contributed by atoms with Crippen LogP contribution in [0, 0.1) is 5.92 Å². The molecule has 2 aromatic heterocycles. The van der Waals surface area contributed by atoms with E-state index in [9.17, 15) is 18.0 Å². The molecule has 0 bridgehead atoms. The molecule has 0 radical (unpaired) electrons. The predicted octanol–water partition coefficient (Wildman–Crippen LogP) is 4.47. The molecule has 2 amide bonds. The molecule has 6 nitrogen and oxygen atoms in total. The van der Waals surface area contributed by atoms with Crippen LogP contribution in [0.5, 0.6) is 5.75 Å². The Hall–Kier alpha value is -2.94. The number of benzene rings is 1. The van der Waals surface area contributed by atoms with E-state index in [-0.39, 0.29) is 11.9 Å². The number of aryl methyl sites for hydroxylation is 1. The van der Waals surface area contributed by atoms with Crippen LogP contribution in [0.2, 0.25) is 5.15 Å². The van der Waals surface area contributed by atoms with Crippen molar-refractivity contribution in [2.45, 2.75) is 12.7 Å². The zero-order chi connectivity index (χ0) is 22.2. The van der Waals surface area contributed by atoms with Crippen molar-refractivity contribution in [2.24, 2.45) is 13.0 Å². The number of alkyl halides is 3. The van der Waals surface area contributed by atoms with Gasteiger partial charge < -0.3 is 19.5 Å². The molecular formula is C21H20ClF3N4O2. The van der Waals surface area contributed by atoms with Crippen molar-refractivity contribution < 1.29 is 22.7 Å². The molecular weight excluding hydrogens is 433 g/mol. The van der Waals surface area contributed by atoms with Gasteiger partial charge in [-0.3, -0.25) is 0 Å². The van der Waals surface area contributed by atoms with Crippen LogP contribution in [0.4, 0.5) is 18.0 Å². The Kier molecular flexibility index (Phi) is 5.70. The molecule has 10 heteroatoms. The summed E-state index contributed by atoms with van der Waals surface area (Å²) in [5, 5.41) is 4.36. The Balaban J connectivity index is 1.21. The largest absolute Gasteiger partial charge is 0.493 e. The van der Waals surface area contributed by atoms with Gasteiger partial charge >= 0.3 is 12.2 Å². The van der Waals surface area contributed by atoms with Crippen LogP contribution in [0.15, 0.2) is 42.6 Å². The highest BCUT2D eigenvalue weighted by Crippen LogP contribution is 2.30. The number of halogens is 4. The molecule has 164 valence electrons. The van der Waals surface area contributed by atoms with Crippen LogP contribution in [0.1, 0.15) is 11.1 Å². The zero-order valence-corrected chi connectivity index (χ0v) is 17.4. The maximum atomic E-state index is 12.6. The normalized spacial score (nSPS) is 14.5. The number of amides is 2. The average molecular weight is 453 g/mol. The molecule has 1 aromatic carbocycles. The molecule has 3 heterocycles. The third-order valence-corrected chi connectivity index (χ3v) is 5.58. The van der Waals surface area contributed by atoms with Crippen molar-refractivity contribution in [1.82, 2.24) is 19.8 Å². The maximum Gasteiger partial charge on any atom is 0.416 e. The van der Waals surface area contributed by atoms with Gasteiger partial charge in [0.25, 0.3) is 0 Å². The predicted molar refractivity (Wildman–Crippen MR) is 110 cm³/mol. The number of hydrogen-bond donors (Lipinski definition) is 1. The molecule has 1 aliphatic rings. The molecule has 0 unspecified atom stereocenters. The smallest absolute Gasteiger partial charge is 0.416 e.